The number of nitrogens with zero attached hydrogens (tertiary/aromatic N) is 2. The molecule has 0 aliphatic carbocycles. The van der Waals surface area contributed by atoms with Crippen LogP contribution >= 0.6 is 0 Å². The summed E-state index contributed by atoms with van der Waals surface area (Å²) in [5.74, 6) is -0.780. The molecule has 8 nitrogen and oxygen atoms in total. The zero-order valence-electron chi connectivity index (χ0n) is 14.4. The number of para-hydroxylation sites is 1. The first-order chi connectivity index (χ1) is 13.3. The van der Waals surface area contributed by atoms with Crippen molar-refractivity contribution in [1.29, 1.82) is 0 Å². The van der Waals surface area contributed by atoms with Crippen molar-refractivity contribution in [1.82, 2.24) is 4.98 Å². The SMILES string of the molecule is O=C1CCS(=O)(=O)N1c1ccc(S(=O)(=O)Nc2cccc3cccnc23)cc1. The molecule has 28 heavy (non-hydrogen) atoms. The molecule has 0 bridgehead atoms. The molecule has 1 aliphatic heterocycles. The maximum atomic E-state index is 12.7. The van der Waals surface area contributed by atoms with E-state index in [4.69, 9.17) is 0 Å². The Morgan fingerprint density at radius 2 is 1.71 bits per heavy atom. The van der Waals surface area contributed by atoms with E-state index in [1.165, 1.54) is 24.3 Å². The van der Waals surface area contributed by atoms with Crippen LogP contribution in [-0.2, 0) is 24.8 Å². The van der Waals surface area contributed by atoms with E-state index in [0.29, 0.717) is 15.5 Å². The molecule has 4 rings (SSSR count). The summed E-state index contributed by atoms with van der Waals surface area (Å²) in [7, 11) is -7.63. The van der Waals surface area contributed by atoms with Gasteiger partial charge in [0.25, 0.3) is 10.0 Å². The number of fused-ring (bicyclic) bond motifs is 1. The molecule has 1 fully saturated rings. The summed E-state index contributed by atoms with van der Waals surface area (Å²) in [5, 5.41) is 0.788. The van der Waals surface area contributed by atoms with Crippen molar-refractivity contribution < 1.29 is 21.6 Å². The zero-order chi connectivity index (χ0) is 19.9. The van der Waals surface area contributed by atoms with Crippen LogP contribution in [-0.4, -0.2) is 33.5 Å². The molecule has 0 unspecified atom stereocenters. The van der Waals surface area contributed by atoms with Gasteiger partial charge in [0.1, 0.15) is 0 Å². The highest BCUT2D eigenvalue weighted by molar-refractivity contribution is 7.94. The molecule has 10 heteroatoms. The Kier molecular flexibility index (Phi) is 4.31. The Hall–Kier alpha value is -2.98. The van der Waals surface area contributed by atoms with Crippen LogP contribution in [0, 0.1) is 0 Å². The predicted octanol–water partition coefficient (Wildman–Crippen LogP) is 2.10. The second-order valence-electron chi connectivity index (χ2n) is 6.20. The van der Waals surface area contributed by atoms with Crippen molar-refractivity contribution in [2.75, 3.05) is 14.8 Å². The number of rotatable bonds is 4. The second kappa shape index (κ2) is 6.57. The number of sulfonamides is 2. The number of benzene rings is 2. The Morgan fingerprint density at radius 1 is 1.00 bits per heavy atom. The number of aromatic nitrogens is 1. The molecular formula is C18H15N3O5S2. The highest BCUT2D eigenvalue weighted by Crippen LogP contribution is 2.28. The number of carbonyl (C=O) groups excluding carboxylic acids is 1. The summed E-state index contributed by atoms with van der Waals surface area (Å²) in [5.41, 5.74) is 0.965. The minimum atomic E-state index is -3.93. The van der Waals surface area contributed by atoms with Gasteiger partial charge in [0.05, 0.1) is 27.5 Å². The van der Waals surface area contributed by atoms with Crippen LogP contribution in [0.15, 0.2) is 65.7 Å². The Balaban J connectivity index is 1.66. The zero-order valence-corrected chi connectivity index (χ0v) is 16.1. The average molecular weight is 417 g/mol. The van der Waals surface area contributed by atoms with E-state index in [2.05, 4.69) is 9.71 Å². The lowest BCUT2D eigenvalue weighted by Crippen LogP contribution is -2.29. The topological polar surface area (TPSA) is 114 Å². The van der Waals surface area contributed by atoms with Gasteiger partial charge < -0.3 is 0 Å². The quantitative estimate of drug-likeness (QED) is 0.695. The highest BCUT2D eigenvalue weighted by atomic mass is 32.2. The normalized spacial score (nSPS) is 16.4. The third kappa shape index (κ3) is 3.20. The van der Waals surface area contributed by atoms with Gasteiger partial charge in [-0.05, 0) is 36.4 Å². The van der Waals surface area contributed by atoms with Gasteiger partial charge in [0.15, 0.2) is 0 Å². The predicted molar refractivity (Wildman–Crippen MR) is 105 cm³/mol. The van der Waals surface area contributed by atoms with E-state index in [9.17, 15) is 21.6 Å². The minimum absolute atomic E-state index is 0.0618. The van der Waals surface area contributed by atoms with Crippen LogP contribution in [0.1, 0.15) is 6.42 Å². The summed E-state index contributed by atoms with van der Waals surface area (Å²) in [4.78, 5) is 16.0. The van der Waals surface area contributed by atoms with Gasteiger partial charge in [-0.15, -0.1) is 0 Å². The number of anilines is 2. The van der Waals surface area contributed by atoms with E-state index in [1.54, 1.807) is 24.4 Å². The number of hydrogen-bond acceptors (Lipinski definition) is 6. The molecule has 1 aromatic heterocycles. The molecular weight excluding hydrogens is 402 g/mol. The highest BCUT2D eigenvalue weighted by Gasteiger charge is 2.36. The minimum Gasteiger partial charge on any atom is -0.277 e. The maximum Gasteiger partial charge on any atom is 0.261 e. The van der Waals surface area contributed by atoms with E-state index in [-0.39, 0.29) is 22.8 Å². The smallest absolute Gasteiger partial charge is 0.261 e. The number of hydrogen-bond donors (Lipinski definition) is 1. The van der Waals surface area contributed by atoms with Crippen LogP contribution in [0.2, 0.25) is 0 Å². The van der Waals surface area contributed by atoms with Crippen molar-refractivity contribution in [2.45, 2.75) is 11.3 Å². The second-order valence-corrected chi connectivity index (χ2v) is 9.82. The van der Waals surface area contributed by atoms with Gasteiger partial charge in [-0.25, -0.2) is 21.1 Å². The first kappa shape index (κ1) is 18.4. The Labute approximate surface area is 161 Å². The van der Waals surface area contributed by atoms with Crippen LogP contribution in [0.25, 0.3) is 10.9 Å². The average Bonchev–Trinajstić information content (AvgIpc) is 2.94. The molecule has 1 N–H and O–H groups in total. The maximum absolute atomic E-state index is 12.7. The standard InChI is InChI=1S/C18H15N3O5S2/c22-17-10-12-27(23,24)21(17)14-6-8-15(9-7-14)28(25,26)20-16-5-1-3-13-4-2-11-19-18(13)16/h1-9,11,20H,10,12H2. The molecule has 2 aromatic carbocycles. The molecule has 0 spiro atoms. The first-order valence-electron chi connectivity index (χ1n) is 8.30. The van der Waals surface area contributed by atoms with Gasteiger partial charge in [0.2, 0.25) is 15.9 Å². The summed E-state index contributed by atoms with van der Waals surface area (Å²) in [6.07, 6.45) is 1.49. The molecule has 0 atom stereocenters. The summed E-state index contributed by atoms with van der Waals surface area (Å²) < 4.78 is 52.7. The third-order valence-electron chi connectivity index (χ3n) is 4.34. The van der Waals surface area contributed by atoms with E-state index >= 15 is 0 Å². The molecule has 2 heterocycles. The van der Waals surface area contributed by atoms with Gasteiger partial charge in [-0.2, -0.15) is 0 Å². The lowest BCUT2D eigenvalue weighted by Gasteiger charge is -2.15. The molecule has 1 saturated heterocycles. The number of carbonyl (C=O) groups is 1. The van der Waals surface area contributed by atoms with Crippen LogP contribution in [0.4, 0.5) is 11.4 Å². The number of amides is 1. The van der Waals surface area contributed by atoms with Crippen LogP contribution in [0.3, 0.4) is 0 Å². The number of pyridine rings is 1. The summed E-state index contributed by atoms with van der Waals surface area (Å²) in [6, 6.07) is 13.9. The van der Waals surface area contributed by atoms with Crippen molar-refractivity contribution >= 4 is 48.2 Å². The van der Waals surface area contributed by atoms with Gasteiger partial charge in [0, 0.05) is 18.0 Å². The lowest BCUT2D eigenvalue weighted by molar-refractivity contribution is -0.116. The molecule has 0 radical (unpaired) electrons. The Bertz CT molecular complexity index is 1280. The van der Waals surface area contributed by atoms with Crippen molar-refractivity contribution in [3.05, 3.63) is 60.8 Å². The third-order valence-corrected chi connectivity index (χ3v) is 7.41. The van der Waals surface area contributed by atoms with Crippen molar-refractivity contribution in [3.63, 3.8) is 0 Å². The Morgan fingerprint density at radius 3 is 2.39 bits per heavy atom. The largest absolute Gasteiger partial charge is 0.277 e. The fourth-order valence-electron chi connectivity index (χ4n) is 3.02. The van der Waals surface area contributed by atoms with E-state index in [1.807, 2.05) is 12.1 Å². The van der Waals surface area contributed by atoms with Crippen LogP contribution in [0.5, 0.6) is 0 Å². The van der Waals surface area contributed by atoms with Crippen LogP contribution < -0.4 is 9.03 Å². The summed E-state index contributed by atoms with van der Waals surface area (Å²) >= 11 is 0. The molecule has 3 aromatic rings. The molecule has 1 aliphatic rings. The number of nitrogens with one attached hydrogen (secondary N) is 1. The lowest BCUT2D eigenvalue weighted by atomic mass is 10.2. The van der Waals surface area contributed by atoms with Gasteiger partial charge in [-0.1, -0.05) is 18.2 Å². The first-order valence-corrected chi connectivity index (χ1v) is 11.4. The van der Waals surface area contributed by atoms with Crippen molar-refractivity contribution in [2.24, 2.45) is 0 Å². The van der Waals surface area contributed by atoms with Crippen molar-refractivity contribution in [3.8, 4) is 0 Å². The molecule has 144 valence electrons. The fourth-order valence-corrected chi connectivity index (χ4v) is 5.55. The van der Waals surface area contributed by atoms with Gasteiger partial charge in [-0.3, -0.25) is 14.5 Å². The van der Waals surface area contributed by atoms with Gasteiger partial charge >= 0.3 is 0 Å². The monoisotopic (exact) mass is 417 g/mol. The van der Waals surface area contributed by atoms with E-state index < -0.39 is 26.0 Å². The van der Waals surface area contributed by atoms with E-state index in [0.717, 1.165) is 5.39 Å². The molecule has 0 saturated carbocycles. The fraction of sp³-hybridized carbons (Fsp3) is 0.111. The molecule has 1 amide bonds. The summed E-state index contributed by atoms with van der Waals surface area (Å²) in [6.45, 7) is 0.